The molecule has 0 unspecified atom stereocenters. The fourth-order valence-corrected chi connectivity index (χ4v) is 6.96. The topological polar surface area (TPSA) is 64.0 Å². The summed E-state index contributed by atoms with van der Waals surface area (Å²) in [5.41, 5.74) is 6.83. The molecule has 0 atom stereocenters. The molecule has 0 bridgehead atoms. The highest BCUT2D eigenvalue weighted by molar-refractivity contribution is 8.01. The second-order valence-corrected chi connectivity index (χ2v) is 11.4. The molecule has 0 radical (unpaired) electrons. The van der Waals surface area contributed by atoms with Gasteiger partial charge in [0, 0.05) is 22.3 Å². The van der Waals surface area contributed by atoms with Gasteiger partial charge in [0.1, 0.15) is 0 Å². The fraction of sp³-hybridized carbons (Fsp3) is 0.207. The van der Waals surface area contributed by atoms with E-state index in [0.29, 0.717) is 11.3 Å². The summed E-state index contributed by atoms with van der Waals surface area (Å²) in [6.07, 6.45) is 4.32. The lowest BCUT2D eigenvalue weighted by Crippen LogP contribution is -2.18. The molecular formula is C29H25N3O2S2. The molecule has 1 aliphatic rings. The highest BCUT2D eigenvalue weighted by Gasteiger charge is 2.23. The van der Waals surface area contributed by atoms with E-state index < -0.39 is 0 Å². The van der Waals surface area contributed by atoms with Gasteiger partial charge in [-0.15, -0.1) is 11.3 Å². The number of anilines is 1. The zero-order valence-corrected chi connectivity index (χ0v) is 21.5. The number of rotatable bonds is 5. The van der Waals surface area contributed by atoms with Crippen molar-refractivity contribution < 1.29 is 9.59 Å². The minimum atomic E-state index is -0.134. The summed E-state index contributed by atoms with van der Waals surface area (Å²) in [7, 11) is 0. The molecule has 0 saturated heterocycles. The summed E-state index contributed by atoms with van der Waals surface area (Å²) < 4.78 is 3.78. The first-order chi connectivity index (χ1) is 17.6. The van der Waals surface area contributed by atoms with Gasteiger partial charge in [0.15, 0.2) is 4.34 Å². The van der Waals surface area contributed by atoms with Gasteiger partial charge in [0.05, 0.1) is 21.5 Å². The van der Waals surface area contributed by atoms with Gasteiger partial charge in [-0.05, 0) is 74.6 Å². The van der Waals surface area contributed by atoms with Crippen molar-refractivity contribution in [1.82, 2.24) is 9.55 Å². The Hall–Kier alpha value is -3.42. The van der Waals surface area contributed by atoms with Crippen LogP contribution in [0.25, 0.3) is 21.1 Å². The number of hydrogen-bond donors (Lipinski definition) is 1. The molecule has 2 aromatic heterocycles. The number of aromatic nitrogens is 2. The number of nitrogens with one attached hydrogen (secondary N) is 1. The molecule has 1 aliphatic carbocycles. The average molecular weight is 512 g/mol. The number of amides is 1. The van der Waals surface area contributed by atoms with E-state index >= 15 is 0 Å². The van der Waals surface area contributed by atoms with Crippen molar-refractivity contribution in [2.45, 2.75) is 36.9 Å². The monoisotopic (exact) mass is 511 g/mol. The Bertz CT molecular complexity index is 1630. The first-order valence-corrected chi connectivity index (χ1v) is 13.9. The predicted octanol–water partition coefficient (Wildman–Crippen LogP) is 7.12. The van der Waals surface area contributed by atoms with Gasteiger partial charge >= 0.3 is 0 Å². The molecule has 1 amide bonds. The third-order valence-electron chi connectivity index (χ3n) is 6.65. The van der Waals surface area contributed by atoms with Gasteiger partial charge in [0.2, 0.25) is 5.91 Å². The van der Waals surface area contributed by atoms with E-state index in [4.69, 9.17) is 4.98 Å². The van der Waals surface area contributed by atoms with Crippen LogP contribution in [-0.4, -0.2) is 27.1 Å². The van der Waals surface area contributed by atoms with Crippen LogP contribution >= 0.6 is 23.1 Å². The van der Waals surface area contributed by atoms with Crippen molar-refractivity contribution in [3.05, 3.63) is 89.1 Å². The van der Waals surface area contributed by atoms with Crippen LogP contribution in [-0.2, 0) is 12.8 Å². The molecule has 180 valence electrons. The van der Waals surface area contributed by atoms with E-state index in [1.807, 2.05) is 60.0 Å². The molecule has 3 aromatic carbocycles. The summed E-state index contributed by atoms with van der Waals surface area (Å²) in [5, 5.41) is 4.19. The van der Waals surface area contributed by atoms with Crippen molar-refractivity contribution in [3.8, 4) is 0 Å². The van der Waals surface area contributed by atoms with Gasteiger partial charge in [-0.3, -0.25) is 14.2 Å². The summed E-state index contributed by atoms with van der Waals surface area (Å²) in [4.78, 5) is 30.7. The number of thiazole rings is 1. The minimum absolute atomic E-state index is 0.102. The number of thioether (sulfide) groups is 1. The molecular weight excluding hydrogens is 486 g/mol. The molecule has 0 aliphatic heterocycles. The molecule has 2 heterocycles. The number of carbonyl (C=O) groups excluding carboxylic acids is 2. The average Bonchev–Trinajstić information content (AvgIpc) is 3.45. The Labute approximate surface area is 217 Å². The van der Waals surface area contributed by atoms with E-state index in [1.54, 1.807) is 11.3 Å². The number of carbonyl (C=O) groups is 2. The van der Waals surface area contributed by atoms with Crippen LogP contribution in [0, 0.1) is 6.92 Å². The SMILES string of the molecule is Cc1cccc(C(=O)Nc2ccc3nc(SCC(=O)n4c5c(c6ccccc64)CCCC5)sc3c2)c1. The minimum Gasteiger partial charge on any atom is -0.322 e. The van der Waals surface area contributed by atoms with E-state index in [9.17, 15) is 9.59 Å². The Morgan fingerprint density at radius 3 is 2.78 bits per heavy atom. The highest BCUT2D eigenvalue weighted by Crippen LogP contribution is 2.34. The van der Waals surface area contributed by atoms with Crippen molar-refractivity contribution in [3.63, 3.8) is 0 Å². The maximum Gasteiger partial charge on any atom is 0.255 e. The lowest BCUT2D eigenvalue weighted by Gasteiger charge is -2.14. The van der Waals surface area contributed by atoms with Gasteiger partial charge in [-0.2, -0.15) is 0 Å². The zero-order valence-electron chi connectivity index (χ0n) is 19.9. The normalized spacial score (nSPS) is 13.1. The van der Waals surface area contributed by atoms with Crippen molar-refractivity contribution >= 4 is 61.7 Å². The molecule has 0 saturated carbocycles. The van der Waals surface area contributed by atoms with E-state index in [0.717, 1.165) is 50.6 Å². The Kier molecular flexibility index (Phi) is 6.11. The van der Waals surface area contributed by atoms with Crippen LogP contribution < -0.4 is 5.32 Å². The van der Waals surface area contributed by atoms with Crippen LogP contribution in [0.15, 0.2) is 71.1 Å². The maximum absolute atomic E-state index is 13.4. The second kappa shape index (κ2) is 9.56. The van der Waals surface area contributed by atoms with Gasteiger partial charge in [0.25, 0.3) is 5.91 Å². The van der Waals surface area contributed by atoms with Gasteiger partial charge in [-0.1, -0.05) is 47.7 Å². The summed E-state index contributed by atoms with van der Waals surface area (Å²) in [6, 6.07) is 21.5. The lowest BCUT2D eigenvalue weighted by molar-refractivity contribution is 0.0942. The molecule has 1 N–H and O–H groups in total. The van der Waals surface area contributed by atoms with E-state index in [1.165, 1.54) is 34.8 Å². The summed E-state index contributed by atoms with van der Waals surface area (Å²) >= 11 is 3.03. The van der Waals surface area contributed by atoms with E-state index in [2.05, 4.69) is 23.5 Å². The summed E-state index contributed by atoms with van der Waals surface area (Å²) in [5.74, 6) is 0.303. The number of aryl methyl sites for hydroxylation is 2. The Morgan fingerprint density at radius 1 is 1.03 bits per heavy atom. The third-order valence-corrected chi connectivity index (χ3v) is 8.80. The van der Waals surface area contributed by atoms with Crippen LogP contribution in [0.1, 0.15) is 44.8 Å². The maximum atomic E-state index is 13.4. The summed E-state index contributed by atoms with van der Waals surface area (Å²) in [6.45, 7) is 1.97. The molecule has 36 heavy (non-hydrogen) atoms. The standard InChI is InChI=1S/C29H25N3O2S2/c1-18-7-6-8-19(15-18)28(34)30-20-13-14-23-26(16-20)36-29(31-23)35-17-27(33)32-24-11-4-2-9-21(24)22-10-3-5-12-25(22)32/h2,4,6-9,11,13-16H,3,5,10,12,17H2,1H3,(H,30,34). The molecule has 6 rings (SSSR count). The molecule has 0 spiro atoms. The largest absolute Gasteiger partial charge is 0.322 e. The van der Waals surface area contributed by atoms with E-state index in [-0.39, 0.29) is 11.8 Å². The van der Waals surface area contributed by atoms with Gasteiger partial charge < -0.3 is 5.32 Å². The van der Waals surface area contributed by atoms with Crippen LogP contribution in [0.4, 0.5) is 5.69 Å². The lowest BCUT2D eigenvalue weighted by atomic mass is 9.96. The fourth-order valence-electron chi connectivity index (χ4n) is 5.00. The van der Waals surface area contributed by atoms with Crippen molar-refractivity contribution in [1.29, 1.82) is 0 Å². The van der Waals surface area contributed by atoms with Crippen molar-refractivity contribution in [2.24, 2.45) is 0 Å². The van der Waals surface area contributed by atoms with Crippen LogP contribution in [0.3, 0.4) is 0 Å². The molecule has 5 nitrogen and oxygen atoms in total. The first-order valence-electron chi connectivity index (χ1n) is 12.1. The molecule has 0 fully saturated rings. The number of nitrogens with zero attached hydrogens (tertiary/aromatic N) is 2. The van der Waals surface area contributed by atoms with Crippen LogP contribution in [0.2, 0.25) is 0 Å². The highest BCUT2D eigenvalue weighted by atomic mass is 32.2. The zero-order chi connectivity index (χ0) is 24.6. The Balaban J connectivity index is 1.19. The number of para-hydroxylation sites is 1. The number of benzene rings is 3. The number of hydrogen-bond acceptors (Lipinski definition) is 5. The first kappa shape index (κ1) is 23.0. The van der Waals surface area contributed by atoms with Crippen LogP contribution in [0.5, 0.6) is 0 Å². The smallest absolute Gasteiger partial charge is 0.255 e. The Morgan fingerprint density at radius 2 is 1.89 bits per heavy atom. The molecule has 5 aromatic rings. The number of fused-ring (bicyclic) bond motifs is 4. The third kappa shape index (κ3) is 4.33. The van der Waals surface area contributed by atoms with Crippen molar-refractivity contribution in [2.75, 3.05) is 11.1 Å². The molecule has 7 heteroatoms. The quantitative estimate of drug-likeness (QED) is 0.255. The van der Waals surface area contributed by atoms with Gasteiger partial charge in [-0.25, -0.2) is 4.98 Å². The predicted molar refractivity (Wildman–Crippen MR) is 149 cm³/mol. The second-order valence-electron chi connectivity index (χ2n) is 9.15.